The zero-order chi connectivity index (χ0) is 8.27. The maximum Gasteiger partial charge on any atom is 0.274 e. The van der Waals surface area contributed by atoms with Crippen LogP contribution in [0.5, 0.6) is 0 Å². The minimum atomic E-state index is -0.323. The number of rotatable bonds is 2. The van der Waals surface area contributed by atoms with E-state index in [1.54, 1.807) is 4.57 Å². The standard InChI is InChI=1S/C6H10N4O/c7-1-2-10-4-9-6(11)3-5(10)8/h3-4H,1-2,7-8H2. The molecule has 0 atom stereocenters. The molecule has 0 amide bonds. The van der Waals surface area contributed by atoms with Gasteiger partial charge in [-0.15, -0.1) is 0 Å². The number of aromatic nitrogens is 2. The molecular formula is C6H10N4O. The van der Waals surface area contributed by atoms with E-state index in [1.807, 2.05) is 0 Å². The number of hydrogen-bond acceptors (Lipinski definition) is 4. The summed E-state index contributed by atoms with van der Waals surface area (Å²) in [6.45, 7) is 1.06. The molecule has 1 heterocycles. The third-order valence-corrected chi connectivity index (χ3v) is 1.30. The second-order valence-corrected chi connectivity index (χ2v) is 2.13. The molecule has 0 radical (unpaired) electrons. The monoisotopic (exact) mass is 154 g/mol. The zero-order valence-electron chi connectivity index (χ0n) is 6.03. The number of nitrogen functional groups attached to an aromatic ring is 1. The van der Waals surface area contributed by atoms with Gasteiger partial charge in [0.1, 0.15) is 12.1 Å². The van der Waals surface area contributed by atoms with E-state index >= 15 is 0 Å². The van der Waals surface area contributed by atoms with E-state index in [9.17, 15) is 4.79 Å². The molecule has 0 saturated carbocycles. The lowest BCUT2D eigenvalue weighted by Crippen LogP contribution is -2.18. The van der Waals surface area contributed by atoms with Crippen molar-refractivity contribution in [3.63, 3.8) is 0 Å². The molecule has 0 bridgehead atoms. The Morgan fingerprint density at radius 1 is 1.64 bits per heavy atom. The Balaban J connectivity index is 2.99. The number of anilines is 1. The first kappa shape index (κ1) is 7.74. The highest BCUT2D eigenvalue weighted by atomic mass is 16.1. The van der Waals surface area contributed by atoms with E-state index in [1.165, 1.54) is 12.4 Å². The molecule has 0 aliphatic carbocycles. The Labute approximate surface area is 63.7 Å². The van der Waals surface area contributed by atoms with Crippen LogP contribution < -0.4 is 17.0 Å². The molecule has 0 fully saturated rings. The van der Waals surface area contributed by atoms with E-state index in [-0.39, 0.29) is 5.56 Å². The van der Waals surface area contributed by atoms with Crippen molar-refractivity contribution in [3.05, 3.63) is 22.7 Å². The maximum atomic E-state index is 10.6. The van der Waals surface area contributed by atoms with E-state index in [2.05, 4.69) is 4.98 Å². The summed E-state index contributed by atoms with van der Waals surface area (Å²) in [4.78, 5) is 14.1. The molecule has 5 nitrogen and oxygen atoms in total. The summed E-state index contributed by atoms with van der Waals surface area (Å²) in [6.07, 6.45) is 1.39. The van der Waals surface area contributed by atoms with Crippen molar-refractivity contribution in [1.82, 2.24) is 9.55 Å². The summed E-state index contributed by atoms with van der Waals surface area (Å²) in [5, 5.41) is 0. The lowest BCUT2D eigenvalue weighted by atomic mass is 10.5. The SMILES string of the molecule is NCCn1cnc(=O)cc1N. The molecule has 4 N–H and O–H groups in total. The molecule has 0 unspecified atom stereocenters. The van der Waals surface area contributed by atoms with Gasteiger partial charge in [-0.2, -0.15) is 4.98 Å². The minimum Gasteiger partial charge on any atom is -0.385 e. The van der Waals surface area contributed by atoms with Gasteiger partial charge in [0.15, 0.2) is 0 Å². The van der Waals surface area contributed by atoms with E-state index in [4.69, 9.17) is 11.5 Å². The first-order valence-corrected chi connectivity index (χ1v) is 3.26. The molecule has 11 heavy (non-hydrogen) atoms. The molecule has 0 aromatic carbocycles. The third-order valence-electron chi connectivity index (χ3n) is 1.30. The van der Waals surface area contributed by atoms with Crippen molar-refractivity contribution in [3.8, 4) is 0 Å². The van der Waals surface area contributed by atoms with Gasteiger partial charge in [0.2, 0.25) is 0 Å². The Morgan fingerprint density at radius 3 is 2.91 bits per heavy atom. The highest BCUT2D eigenvalue weighted by molar-refractivity contribution is 5.25. The number of hydrogen-bond donors (Lipinski definition) is 2. The van der Waals surface area contributed by atoms with Crippen molar-refractivity contribution in [2.75, 3.05) is 12.3 Å². The quantitative estimate of drug-likeness (QED) is 0.559. The van der Waals surface area contributed by atoms with Crippen LogP contribution in [-0.2, 0) is 6.54 Å². The maximum absolute atomic E-state index is 10.6. The zero-order valence-corrected chi connectivity index (χ0v) is 6.03. The Bertz CT molecular complexity index is 293. The lowest BCUT2D eigenvalue weighted by molar-refractivity contribution is 0.694. The number of nitrogens with two attached hydrogens (primary N) is 2. The van der Waals surface area contributed by atoms with Crippen LogP contribution in [0.1, 0.15) is 0 Å². The van der Waals surface area contributed by atoms with Crippen molar-refractivity contribution < 1.29 is 0 Å². The summed E-state index contributed by atoms with van der Waals surface area (Å²) in [6, 6.07) is 1.27. The second-order valence-electron chi connectivity index (χ2n) is 2.13. The van der Waals surface area contributed by atoms with Gasteiger partial charge < -0.3 is 16.0 Å². The molecule has 0 spiro atoms. The molecule has 1 aromatic heterocycles. The molecule has 0 aliphatic heterocycles. The van der Waals surface area contributed by atoms with Crippen LogP contribution in [0, 0.1) is 0 Å². The Kier molecular flexibility index (Phi) is 2.22. The van der Waals surface area contributed by atoms with Gasteiger partial charge in [-0.05, 0) is 0 Å². The summed E-state index contributed by atoms with van der Waals surface area (Å²) in [5.41, 5.74) is 10.4. The topological polar surface area (TPSA) is 86.9 Å². The normalized spacial score (nSPS) is 9.91. The predicted molar refractivity (Wildman–Crippen MR) is 42.0 cm³/mol. The van der Waals surface area contributed by atoms with Crippen LogP contribution in [0.3, 0.4) is 0 Å². The second kappa shape index (κ2) is 3.16. The van der Waals surface area contributed by atoms with Gasteiger partial charge >= 0.3 is 0 Å². The first-order chi connectivity index (χ1) is 5.24. The van der Waals surface area contributed by atoms with Crippen LogP contribution in [0.25, 0.3) is 0 Å². The van der Waals surface area contributed by atoms with Gasteiger partial charge in [0, 0.05) is 19.2 Å². The molecule has 0 saturated heterocycles. The molecule has 60 valence electrons. The van der Waals surface area contributed by atoms with Crippen molar-refractivity contribution in [2.24, 2.45) is 5.73 Å². The van der Waals surface area contributed by atoms with Gasteiger partial charge in [0.05, 0.1) is 0 Å². The highest BCUT2D eigenvalue weighted by Gasteiger charge is 1.94. The molecule has 0 aliphatic rings. The van der Waals surface area contributed by atoms with E-state index in [0.29, 0.717) is 18.9 Å². The van der Waals surface area contributed by atoms with Gasteiger partial charge in [-0.3, -0.25) is 4.79 Å². The minimum absolute atomic E-state index is 0.323. The summed E-state index contributed by atoms with van der Waals surface area (Å²) < 4.78 is 1.63. The number of nitrogens with zero attached hydrogens (tertiary/aromatic N) is 2. The fraction of sp³-hybridized carbons (Fsp3) is 0.333. The third kappa shape index (κ3) is 1.78. The molecular weight excluding hydrogens is 144 g/mol. The van der Waals surface area contributed by atoms with E-state index in [0.717, 1.165) is 0 Å². The lowest BCUT2D eigenvalue weighted by Gasteiger charge is -2.05. The van der Waals surface area contributed by atoms with Crippen molar-refractivity contribution in [1.29, 1.82) is 0 Å². The molecule has 1 aromatic rings. The fourth-order valence-electron chi connectivity index (χ4n) is 0.766. The van der Waals surface area contributed by atoms with Gasteiger partial charge in [0.25, 0.3) is 5.56 Å². The van der Waals surface area contributed by atoms with Crippen LogP contribution in [0.15, 0.2) is 17.2 Å². The van der Waals surface area contributed by atoms with Crippen LogP contribution in [0.4, 0.5) is 5.82 Å². The summed E-state index contributed by atoms with van der Waals surface area (Å²) in [7, 11) is 0. The van der Waals surface area contributed by atoms with Crippen LogP contribution >= 0.6 is 0 Å². The smallest absolute Gasteiger partial charge is 0.274 e. The average molecular weight is 154 g/mol. The van der Waals surface area contributed by atoms with Crippen molar-refractivity contribution >= 4 is 5.82 Å². The van der Waals surface area contributed by atoms with Crippen molar-refractivity contribution in [2.45, 2.75) is 6.54 Å². The van der Waals surface area contributed by atoms with Gasteiger partial charge in [-0.25, -0.2) is 0 Å². The first-order valence-electron chi connectivity index (χ1n) is 3.26. The fourth-order valence-corrected chi connectivity index (χ4v) is 0.766. The molecule has 5 heteroatoms. The van der Waals surface area contributed by atoms with Crippen LogP contribution in [0.2, 0.25) is 0 Å². The highest BCUT2D eigenvalue weighted by Crippen LogP contribution is 1.93. The molecule has 1 rings (SSSR count). The van der Waals surface area contributed by atoms with Gasteiger partial charge in [-0.1, -0.05) is 0 Å². The largest absolute Gasteiger partial charge is 0.385 e. The van der Waals surface area contributed by atoms with E-state index < -0.39 is 0 Å². The summed E-state index contributed by atoms with van der Waals surface area (Å²) >= 11 is 0. The summed E-state index contributed by atoms with van der Waals surface area (Å²) in [5.74, 6) is 0.399. The Morgan fingerprint density at radius 2 is 2.36 bits per heavy atom. The average Bonchev–Trinajstić information content (AvgIpc) is 1.95. The van der Waals surface area contributed by atoms with Crippen LogP contribution in [-0.4, -0.2) is 16.1 Å². The Hall–Kier alpha value is -1.36. The predicted octanol–water partition coefficient (Wildman–Crippen LogP) is -1.22.